The predicted octanol–water partition coefficient (Wildman–Crippen LogP) is 3.02. The lowest BCUT2D eigenvalue weighted by molar-refractivity contribution is 0.578. The van der Waals surface area contributed by atoms with Gasteiger partial charge in [-0.25, -0.2) is 0 Å². The zero-order chi connectivity index (χ0) is 13.5. The topological polar surface area (TPSA) is 62.9 Å². The van der Waals surface area contributed by atoms with E-state index in [0.29, 0.717) is 0 Å². The molecule has 1 fully saturated rings. The molecule has 19 heavy (non-hydrogen) atoms. The van der Waals surface area contributed by atoms with Gasteiger partial charge in [0.15, 0.2) is 0 Å². The molecular weight excluding hydrogens is 236 g/mol. The first-order valence-electron chi connectivity index (χ1n) is 6.45. The first kappa shape index (κ1) is 13.0. The standard InChI is InChI=1S/C15H16N4/c16-10-13(11-17)12-18-14-5-4-6-15(9-14)19-7-2-1-3-8-19/h4-6,9,12,18H,1-3,7-8H2. The number of allylic oxidation sites excluding steroid dienone is 1. The van der Waals surface area contributed by atoms with Crippen LogP contribution in [0.3, 0.4) is 0 Å². The van der Waals surface area contributed by atoms with Crippen molar-refractivity contribution >= 4 is 11.4 Å². The minimum Gasteiger partial charge on any atom is -0.371 e. The molecule has 1 aliphatic heterocycles. The van der Waals surface area contributed by atoms with Crippen LogP contribution in [0.2, 0.25) is 0 Å². The van der Waals surface area contributed by atoms with Gasteiger partial charge in [-0.3, -0.25) is 0 Å². The summed E-state index contributed by atoms with van der Waals surface area (Å²) in [5.74, 6) is 0. The first-order chi connectivity index (χ1) is 9.33. The third-order valence-electron chi connectivity index (χ3n) is 3.19. The van der Waals surface area contributed by atoms with Crippen LogP contribution in [0, 0.1) is 22.7 Å². The highest BCUT2D eigenvalue weighted by Gasteiger charge is 2.10. The molecule has 1 aromatic carbocycles. The minimum atomic E-state index is 0.0726. The van der Waals surface area contributed by atoms with Crippen molar-refractivity contribution in [1.82, 2.24) is 0 Å². The number of hydrogen-bond acceptors (Lipinski definition) is 4. The largest absolute Gasteiger partial charge is 0.371 e. The van der Waals surface area contributed by atoms with Crippen LogP contribution in [-0.2, 0) is 0 Å². The maximum Gasteiger partial charge on any atom is 0.145 e. The van der Waals surface area contributed by atoms with Crippen molar-refractivity contribution in [3.63, 3.8) is 0 Å². The van der Waals surface area contributed by atoms with E-state index in [1.165, 1.54) is 31.1 Å². The molecular formula is C15H16N4. The number of anilines is 2. The molecule has 4 heteroatoms. The Bertz CT molecular complexity index is 526. The summed E-state index contributed by atoms with van der Waals surface area (Å²) in [5, 5.41) is 20.3. The molecule has 0 aromatic heterocycles. The van der Waals surface area contributed by atoms with Crippen LogP contribution in [0.15, 0.2) is 36.0 Å². The third kappa shape index (κ3) is 3.50. The summed E-state index contributed by atoms with van der Waals surface area (Å²) < 4.78 is 0. The molecule has 96 valence electrons. The van der Waals surface area contributed by atoms with Crippen molar-refractivity contribution in [3.05, 3.63) is 36.0 Å². The Morgan fingerprint density at radius 3 is 2.58 bits per heavy atom. The van der Waals surface area contributed by atoms with Gasteiger partial charge >= 0.3 is 0 Å². The average Bonchev–Trinajstić information content (AvgIpc) is 2.49. The fraction of sp³-hybridized carbons (Fsp3) is 0.333. The van der Waals surface area contributed by atoms with Gasteiger partial charge in [-0.15, -0.1) is 0 Å². The van der Waals surface area contributed by atoms with Crippen LogP contribution < -0.4 is 10.2 Å². The Kier molecular flexibility index (Phi) is 4.42. The monoisotopic (exact) mass is 252 g/mol. The molecule has 4 nitrogen and oxygen atoms in total. The zero-order valence-electron chi connectivity index (χ0n) is 10.8. The highest BCUT2D eigenvalue weighted by molar-refractivity contribution is 5.60. The van der Waals surface area contributed by atoms with Crippen molar-refractivity contribution in [3.8, 4) is 12.1 Å². The Labute approximate surface area is 113 Å². The summed E-state index contributed by atoms with van der Waals surface area (Å²) >= 11 is 0. The summed E-state index contributed by atoms with van der Waals surface area (Å²) in [6.45, 7) is 2.20. The van der Waals surface area contributed by atoms with Crippen molar-refractivity contribution < 1.29 is 0 Å². The molecule has 2 rings (SSSR count). The Hall–Kier alpha value is -2.46. The third-order valence-corrected chi connectivity index (χ3v) is 3.19. The summed E-state index contributed by atoms with van der Waals surface area (Å²) in [6.07, 6.45) is 5.23. The zero-order valence-corrected chi connectivity index (χ0v) is 10.8. The van der Waals surface area contributed by atoms with Gasteiger partial charge in [0.25, 0.3) is 0 Å². The van der Waals surface area contributed by atoms with E-state index >= 15 is 0 Å². The highest BCUT2D eigenvalue weighted by atomic mass is 15.1. The van der Waals surface area contributed by atoms with E-state index in [0.717, 1.165) is 18.8 Å². The Morgan fingerprint density at radius 1 is 1.16 bits per heavy atom. The number of piperidine rings is 1. The van der Waals surface area contributed by atoms with Gasteiger partial charge in [-0.2, -0.15) is 10.5 Å². The van der Waals surface area contributed by atoms with Crippen LogP contribution in [-0.4, -0.2) is 13.1 Å². The molecule has 0 atom stereocenters. The molecule has 1 saturated heterocycles. The lowest BCUT2D eigenvalue weighted by Gasteiger charge is -2.29. The van der Waals surface area contributed by atoms with Gasteiger partial charge in [-0.1, -0.05) is 6.07 Å². The second-order valence-electron chi connectivity index (χ2n) is 4.52. The molecule has 0 radical (unpaired) electrons. The lowest BCUT2D eigenvalue weighted by Crippen LogP contribution is -2.29. The van der Waals surface area contributed by atoms with E-state index in [1.54, 1.807) is 0 Å². The molecule has 1 heterocycles. The number of nitrogens with one attached hydrogen (secondary N) is 1. The summed E-state index contributed by atoms with van der Waals surface area (Å²) in [7, 11) is 0. The Morgan fingerprint density at radius 2 is 1.89 bits per heavy atom. The molecule has 0 spiro atoms. The highest BCUT2D eigenvalue weighted by Crippen LogP contribution is 2.23. The molecule has 0 unspecified atom stereocenters. The van der Waals surface area contributed by atoms with E-state index in [-0.39, 0.29) is 5.57 Å². The smallest absolute Gasteiger partial charge is 0.145 e. The van der Waals surface area contributed by atoms with E-state index < -0.39 is 0 Å². The molecule has 0 bridgehead atoms. The first-order valence-corrected chi connectivity index (χ1v) is 6.45. The fourth-order valence-corrected chi connectivity index (χ4v) is 2.19. The minimum absolute atomic E-state index is 0.0726. The van der Waals surface area contributed by atoms with Gasteiger partial charge in [0.2, 0.25) is 0 Å². The van der Waals surface area contributed by atoms with Gasteiger partial charge in [0, 0.05) is 30.7 Å². The van der Waals surface area contributed by atoms with Crippen molar-refractivity contribution in [1.29, 1.82) is 10.5 Å². The molecule has 0 aliphatic carbocycles. The fourth-order valence-electron chi connectivity index (χ4n) is 2.19. The average molecular weight is 252 g/mol. The van der Waals surface area contributed by atoms with Crippen molar-refractivity contribution in [2.45, 2.75) is 19.3 Å². The van der Waals surface area contributed by atoms with Gasteiger partial charge in [0.05, 0.1) is 0 Å². The maximum atomic E-state index is 8.67. The molecule has 0 saturated carbocycles. The van der Waals surface area contributed by atoms with Crippen LogP contribution in [0.25, 0.3) is 0 Å². The molecule has 1 aromatic rings. The van der Waals surface area contributed by atoms with Crippen LogP contribution in [0.4, 0.5) is 11.4 Å². The second kappa shape index (κ2) is 6.47. The number of rotatable bonds is 3. The second-order valence-corrected chi connectivity index (χ2v) is 4.52. The summed E-state index contributed by atoms with van der Waals surface area (Å²) in [5.41, 5.74) is 2.16. The number of hydrogen-bond donors (Lipinski definition) is 1. The molecule has 1 N–H and O–H groups in total. The van der Waals surface area contributed by atoms with E-state index in [1.807, 2.05) is 30.3 Å². The number of nitriles is 2. The number of benzene rings is 1. The van der Waals surface area contributed by atoms with Crippen LogP contribution >= 0.6 is 0 Å². The Balaban J connectivity index is 2.09. The molecule has 0 amide bonds. The predicted molar refractivity (Wildman–Crippen MR) is 75.4 cm³/mol. The van der Waals surface area contributed by atoms with E-state index in [4.69, 9.17) is 10.5 Å². The molecule has 1 aliphatic rings. The van der Waals surface area contributed by atoms with Gasteiger partial charge in [0.1, 0.15) is 17.7 Å². The van der Waals surface area contributed by atoms with E-state index in [9.17, 15) is 0 Å². The van der Waals surface area contributed by atoms with Crippen molar-refractivity contribution in [2.24, 2.45) is 0 Å². The van der Waals surface area contributed by atoms with Crippen LogP contribution in [0.1, 0.15) is 19.3 Å². The SMILES string of the molecule is N#CC(C#N)=CNc1cccc(N2CCCCC2)c1. The quantitative estimate of drug-likeness (QED) is 0.840. The van der Waals surface area contributed by atoms with Crippen LogP contribution in [0.5, 0.6) is 0 Å². The van der Waals surface area contributed by atoms with E-state index in [2.05, 4.69) is 16.3 Å². The van der Waals surface area contributed by atoms with Gasteiger partial charge in [-0.05, 0) is 37.5 Å². The summed E-state index contributed by atoms with van der Waals surface area (Å²) in [4.78, 5) is 2.37. The maximum absolute atomic E-state index is 8.67. The normalized spacial score (nSPS) is 14.1. The summed E-state index contributed by atoms with van der Waals surface area (Å²) in [6, 6.07) is 11.7. The lowest BCUT2D eigenvalue weighted by atomic mass is 10.1. The van der Waals surface area contributed by atoms with Gasteiger partial charge < -0.3 is 10.2 Å². The van der Waals surface area contributed by atoms with Crippen molar-refractivity contribution in [2.75, 3.05) is 23.3 Å². The number of nitrogens with zero attached hydrogens (tertiary/aromatic N) is 3.